The summed E-state index contributed by atoms with van der Waals surface area (Å²) in [4.78, 5) is 0. The van der Waals surface area contributed by atoms with E-state index in [-0.39, 0.29) is 0 Å². The molecule has 0 atom stereocenters. The summed E-state index contributed by atoms with van der Waals surface area (Å²) in [5.74, 6) is 0. The normalized spacial score (nSPS) is 9.43. The van der Waals surface area contributed by atoms with Crippen molar-refractivity contribution in [1.29, 1.82) is 0 Å². The highest BCUT2D eigenvalue weighted by atomic mass is 16.5. The van der Waals surface area contributed by atoms with Crippen molar-refractivity contribution in [2.45, 2.75) is 6.92 Å². The molecule has 1 radical (unpaired) electrons. The van der Waals surface area contributed by atoms with Gasteiger partial charge in [-0.3, -0.25) is 0 Å². The highest BCUT2D eigenvalue weighted by Crippen LogP contribution is 1.63. The Morgan fingerprint density at radius 2 is 2.29 bits per heavy atom. The van der Waals surface area contributed by atoms with E-state index < -0.39 is 0 Å². The molecule has 0 amide bonds. The molecule has 0 spiro atoms. The van der Waals surface area contributed by atoms with E-state index in [0.29, 0.717) is 0 Å². The minimum Gasteiger partial charge on any atom is -0.383 e. The molecular weight excluding hydrogens is 90.1 g/mol. The van der Waals surface area contributed by atoms with Crippen LogP contribution in [0.2, 0.25) is 0 Å². The summed E-state index contributed by atoms with van der Waals surface area (Å²) in [5.41, 5.74) is 0. The lowest BCUT2D eigenvalue weighted by molar-refractivity contribution is 0.199. The van der Waals surface area contributed by atoms with E-state index >= 15 is 0 Å². The maximum atomic E-state index is 4.75. The molecule has 0 aromatic heterocycles. The molecule has 0 unspecified atom stereocenters. The van der Waals surface area contributed by atoms with Crippen molar-refractivity contribution >= 4 is 0 Å². The first-order valence-corrected chi connectivity index (χ1v) is 2.54. The van der Waals surface area contributed by atoms with Gasteiger partial charge in [-0.1, -0.05) is 6.92 Å². The Balaban J connectivity index is 2.45. The zero-order chi connectivity index (χ0) is 5.54. The van der Waals surface area contributed by atoms with Crippen molar-refractivity contribution < 1.29 is 4.74 Å². The summed E-state index contributed by atoms with van der Waals surface area (Å²) in [5, 5.41) is 4.04. The van der Waals surface area contributed by atoms with E-state index in [0.717, 1.165) is 19.7 Å². The molecule has 2 nitrogen and oxygen atoms in total. The van der Waals surface area contributed by atoms with Gasteiger partial charge in [0.1, 0.15) is 0 Å². The average molecular weight is 102 g/mol. The van der Waals surface area contributed by atoms with Crippen LogP contribution in [-0.2, 0) is 4.74 Å². The van der Waals surface area contributed by atoms with Gasteiger partial charge in [-0.25, -0.2) is 5.32 Å². The lowest BCUT2D eigenvalue weighted by atomic mass is 10.6. The fourth-order valence-electron chi connectivity index (χ4n) is 0.314. The molecular formula is C5H12NO. The number of nitrogens with zero attached hydrogens (tertiary/aromatic N) is 1. The second-order valence-corrected chi connectivity index (χ2v) is 1.26. The van der Waals surface area contributed by atoms with Crippen LogP contribution in [0.25, 0.3) is 0 Å². The second kappa shape index (κ2) is 5.92. The molecule has 0 aromatic carbocycles. The molecule has 0 fully saturated rings. The van der Waals surface area contributed by atoms with Gasteiger partial charge >= 0.3 is 0 Å². The summed E-state index contributed by atoms with van der Waals surface area (Å²) in [6, 6.07) is 0. The highest BCUT2D eigenvalue weighted by Gasteiger charge is 1.78. The third-order valence-corrected chi connectivity index (χ3v) is 0.677. The van der Waals surface area contributed by atoms with Gasteiger partial charge in [0, 0.05) is 20.2 Å². The van der Waals surface area contributed by atoms with Crippen molar-refractivity contribution in [1.82, 2.24) is 5.32 Å². The van der Waals surface area contributed by atoms with E-state index in [1.807, 2.05) is 6.92 Å². The van der Waals surface area contributed by atoms with Crippen LogP contribution in [0.1, 0.15) is 6.92 Å². The number of methoxy groups -OCH3 is 1. The maximum Gasteiger partial charge on any atom is 0.0603 e. The molecule has 0 rings (SSSR count). The average Bonchev–Trinajstić information content (AvgIpc) is 1.69. The first-order valence-electron chi connectivity index (χ1n) is 2.54. The van der Waals surface area contributed by atoms with E-state index in [4.69, 9.17) is 4.74 Å². The first kappa shape index (κ1) is 6.92. The van der Waals surface area contributed by atoms with Gasteiger partial charge < -0.3 is 4.74 Å². The highest BCUT2D eigenvalue weighted by molar-refractivity contribution is 4.36. The maximum absolute atomic E-state index is 4.75. The van der Waals surface area contributed by atoms with E-state index in [9.17, 15) is 0 Å². The number of likely N-dealkylation sites (N-methyl/N-ethyl adjacent to an activating group) is 1. The van der Waals surface area contributed by atoms with Crippen LogP contribution in [0.3, 0.4) is 0 Å². The Bertz CT molecular complexity index is 27.3. The molecule has 43 valence electrons. The minimum absolute atomic E-state index is 0.758. The Kier molecular flexibility index (Phi) is 5.85. The van der Waals surface area contributed by atoms with Gasteiger partial charge in [-0.2, -0.15) is 0 Å². The molecule has 0 aliphatic carbocycles. The fourth-order valence-corrected chi connectivity index (χ4v) is 0.314. The Morgan fingerprint density at radius 3 is 2.71 bits per heavy atom. The van der Waals surface area contributed by atoms with Gasteiger partial charge in [-0.15, -0.1) is 0 Å². The largest absolute Gasteiger partial charge is 0.383 e. The second-order valence-electron chi connectivity index (χ2n) is 1.26. The van der Waals surface area contributed by atoms with Crippen LogP contribution in [0.4, 0.5) is 0 Å². The summed E-state index contributed by atoms with van der Waals surface area (Å²) >= 11 is 0. The van der Waals surface area contributed by atoms with Crippen molar-refractivity contribution in [2.75, 3.05) is 26.8 Å². The molecule has 0 saturated heterocycles. The van der Waals surface area contributed by atoms with E-state index in [1.165, 1.54) is 0 Å². The quantitative estimate of drug-likeness (QED) is 0.467. The van der Waals surface area contributed by atoms with Gasteiger partial charge in [0.15, 0.2) is 0 Å². The Hall–Kier alpha value is -0.0800. The molecule has 2 heteroatoms. The summed E-state index contributed by atoms with van der Waals surface area (Å²) < 4.78 is 4.75. The topological polar surface area (TPSA) is 23.3 Å². The smallest absolute Gasteiger partial charge is 0.0603 e. The molecule has 7 heavy (non-hydrogen) atoms. The van der Waals surface area contributed by atoms with E-state index in [1.54, 1.807) is 7.11 Å². The molecule has 0 aliphatic heterocycles. The van der Waals surface area contributed by atoms with Gasteiger partial charge in [-0.05, 0) is 0 Å². The van der Waals surface area contributed by atoms with Crippen LogP contribution < -0.4 is 5.32 Å². The summed E-state index contributed by atoms with van der Waals surface area (Å²) in [6.45, 7) is 4.53. The van der Waals surface area contributed by atoms with Gasteiger partial charge in [0.2, 0.25) is 0 Å². The minimum atomic E-state index is 0.758. The van der Waals surface area contributed by atoms with Crippen LogP contribution >= 0.6 is 0 Å². The van der Waals surface area contributed by atoms with Crippen LogP contribution in [0, 0.1) is 0 Å². The number of ether oxygens (including phenoxy) is 1. The fraction of sp³-hybridized carbons (Fsp3) is 1.00. The van der Waals surface area contributed by atoms with Crippen LogP contribution in [0.5, 0.6) is 0 Å². The summed E-state index contributed by atoms with van der Waals surface area (Å²) in [6.07, 6.45) is 0. The molecule has 0 aromatic rings. The van der Waals surface area contributed by atoms with Gasteiger partial charge in [0.25, 0.3) is 0 Å². The molecule has 0 heterocycles. The van der Waals surface area contributed by atoms with Crippen molar-refractivity contribution in [3.8, 4) is 0 Å². The standard InChI is InChI=1S/C5H12NO/c1-3-6-4-5-7-2/h3-5H2,1-2H3. The number of hydrogen-bond acceptors (Lipinski definition) is 1. The zero-order valence-corrected chi connectivity index (χ0v) is 4.98. The van der Waals surface area contributed by atoms with Crippen molar-refractivity contribution in [3.05, 3.63) is 0 Å². The lowest BCUT2D eigenvalue weighted by Crippen LogP contribution is -2.10. The third-order valence-electron chi connectivity index (χ3n) is 0.677. The third kappa shape index (κ3) is 5.92. The van der Waals surface area contributed by atoms with Crippen molar-refractivity contribution in [3.63, 3.8) is 0 Å². The molecule has 0 saturated carbocycles. The number of hydrogen-bond donors (Lipinski definition) is 0. The molecule has 0 aliphatic rings. The zero-order valence-electron chi connectivity index (χ0n) is 4.98. The van der Waals surface area contributed by atoms with E-state index in [2.05, 4.69) is 5.32 Å². The van der Waals surface area contributed by atoms with Crippen LogP contribution in [-0.4, -0.2) is 26.8 Å². The first-order chi connectivity index (χ1) is 3.41. The Labute approximate surface area is 44.9 Å². The predicted octanol–water partition coefficient (Wildman–Crippen LogP) is 0.257. The predicted molar refractivity (Wildman–Crippen MR) is 29.4 cm³/mol. The number of rotatable bonds is 4. The molecule has 0 N–H and O–H groups in total. The monoisotopic (exact) mass is 102 g/mol. The SMILES string of the molecule is CC[N]CCOC. The van der Waals surface area contributed by atoms with Crippen LogP contribution in [0.15, 0.2) is 0 Å². The van der Waals surface area contributed by atoms with Gasteiger partial charge in [0.05, 0.1) is 6.61 Å². The Morgan fingerprint density at radius 1 is 1.57 bits per heavy atom. The lowest BCUT2D eigenvalue weighted by Gasteiger charge is -1.93. The molecule has 0 bridgehead atoms. The van der Waals surface area contributed by atoms with Crippen molar-refractivity contribution in [2.24, 2.45) is 0 Å². The summed E-state index contributed by atoms with van der Waals surface area (Å²) in [7, 11) is 1.69.